The van der Waals surface area contributed by atoms with Gasteiger partial charge in [0.15, 0.2) is 5.82 Å². The summed E-state index contributed by atoms with van der Waals surface area (Å²) >= 11 is 0. The van der Waals surface area contributed by atoms with Gasteiger partial charge in [-0.25, -0.2) is 4.98 Å². The van der Waals surface area contributed by atoms with Gasteiger partial charge < -0.3 is 25.2 Å². The number of alkyl halides is 2. The summed E-state index contributed by atoms with van der Waals surface area (Å²) in [7, 11) is 2.75. The number of ether oxygens (including phenoxy) is 1. The molecule has 1 aromatic heterocycles. The Labute approximate surface area is 230 Å². The Morgan fingerprint density at radius 3 is 2.55 bits per heavy atom. The SMILES string of the molecule is COc1cc(C(=O)NC2CN(C(C)C)C2)ccc1Nc1ncc2c(n1)N(c1ccccc1)CC(F)(F)C(=O)N2C. The molecule has 3 heterocycles. The fraction of sp³-hybridized carbons (Fsp3) is 0.357. The van der Waals surface area contributed by atoms with Gasteiger partial charge in [-0.3, -0.25) is 14.5 Å². The van der Waals surface area contributed by atoms with E-state index in [1.165, 1.54) is 25.3 Å². The van der Waals surface area contributed by atoms with E-state index in [-0.39, 0.29) is 29.4 Å². The van der Waals surface area contributed by atoms with Gasteiger partial charge in [0.2, 0.25) is 5.95 Å². The van der Waals surface area contributed by atoms with Crippen molar-refractivity contribution < 1.29 is 23.1 Å². The number of amides is 2. The first kappa shape index (κ1) is 27.3. The number of anilines is 5. The number of carbonyl (C=O) groups is 2. The van der Waals surface area contributed by atoms with Gasteiger partial charge >= 0.3 is 5.92 Å². The third-order valence-electron chi connectivity index (χ3n) is 7.09. The van der Waals surface area contributed by atoms with Crippen molar-refractivity contribution in [3.8, 4) is 5.75 Å². The zero-order chi connectivity index (χ0) is 28.6. The summed E-state index contributed by atoms with van der Waals surface area (Å²) in [5, 5.41) is 6.09. The minimum absolute atomic E-state index is 0.0941. The molecule has 0 aliphatic carbocycles. The number of rotatable bonds is 7. The van der Waals surface area contributed by atoms with Crippen molar-refractivity contribution in [2.45, 2.75) is 31.9 Å². The molecule has 5 rings (SSSR count). The molecule has 12 heteroatoms. The summed E-state index contributed by atoms with van der Waals surface area (Å²) in [6.07, 6.45) is 1.33. The molecule has 10 nitrogen and oxygen atoms in total. The van der Waals surface area contributed by atoms with Crippen LogP contribution < -0.4 is 25.2 Å². The molecule has 0 spiro atoms. The second kappa shape index (κ2) is 10.7. The average molecular weight is 552 g/mol. The molecule has 0 unspecified atom stereocenters. The lowest BCUT2D eigenvalue weighted by molar-refractivity contribution is -0.140. The van der Waals surface area contributed by atoms with Crippen LogP contribution in [0.15, 0.2) is 54.7 Å². The van der Waals surface area contributed by atoms with Gasteiger partial charge in [-0.1, -0.05) is 18.2 Å². The van der Waals surface area contributed by atoms with E-state index in [1.807, 2.05) is 0 Å². The van der Waals surface area contributed by atoms with Crippen LogP contribution in [0, 0.1) is 0 Å². The van der Waals surface area contributed by atoms with Crippen molar-refractivity contribution in [2.75, 3.05) is 48.9 Å². The smallest absolute Gasteiger partial charge is 0.342 e. The molecule has 2 N–H and O–H groups in total. The normalized spacial score (nSPS) is 17.2. The second-order valence-corrected chi connectivity index (χ2v) is 10.2. The number of halogens is 2. The number of hydrogen-bond acceptors (Lipinski definition) is 8. The number of aromatic nitrogens is 2. The lowest BCUT2D eigenvalue weighted by atomic mass is 10.1. The van der Waals surface area contributed by atoms with E-state index in [4.69, 9.17) is 4.74 Å². The highest BCUT2D eigenvalue weighted by Gasteiger charge is 2.47. The van der Waals surface area contributed by atoms with Crippen LogP contribution in [0.3, 0.4) is 0 Å². The third kappa shape index (κ3) is 5.26. The molecule has 40 heavy (non-hydrogen) atoms. The minimum Gasteiger partial charge on any atom is -0.495 e. The first-order chi connectivity index (χ1) is 19.1. The Morgan fingerprint density at radius 1 is 1.15 bits per heavy atom. The monoisotopic (exact) mass is 551 g/mol. The molecule has 2 aromatic carbocycles. The van der Waals surface area contributed by atoms with Crippen LogP contribution in [-0.4, -0.2) is 78.5 Å². The lowest BCUT2D eigenvalue weighted by Crippen LogP contribution is -2.61. The summed E-state index contributed by atoms with van der Waals surface area (Å²) < 4.78 is 35.3. The van der Waals surface area contributed by atoms with Crippen molar-refractivity contribution in [3.05, 3.63) is 60.3 Å². The highest BCUT2D eigenvalue weighted by molar-refractivity contribution is 6.02. The standard InChI is InChI=1S/C28H31F2N7O3/c1-17(2)36-14-19(15-36)32-25(38)18-10-11-21(23(12-18)40-4)33-27-31-13-22-24(34-27)37(20-8-6-5-7-9-20)16-28(29,30)26(39)35(22)3/h5-13,17,19H,14-16H2,1-4H3,(H,32,38)(H,31,33,34). The van der Waals surface area contributed by atoms with Crippen LogP contribution in [0.25, 0.3) is 0 Å². The van der Waals surface area contributed by atoms with Crippen molar-refractivity contribution in [1.29, 1.82) is 0 Å². The Kier molecular flexibility index (Phi) is 7.28. The third-order valence-corrected chi connectivity index (χ3v) is 7.09. The van der Waals surface area contributed by atoms with Crippen molar-refractivity contribution in [1.82, 2.24) is 20.2 Å². The molecule has 1 fully saturated rings. The van der Waals surface area contributed by atoms with Crippen LogP contribution in [0.1, 0.15) is 24.2 Å². The first-order valence-corrected chi connectivity index (χ1v) is 12.9. The highest BCUT2D eigenvalue weighted by Crippen LogP contribution is 2.40. The predicted octanol–water partition coefficient (Wildman–Crippen LogP) is 3.80. The van der Waals surface area contributed by atoms with Gasteiger partial charge in [-0.15, -0.1) is 0 Å². The summed E-state index contributed by atoms with van der Waals surface area (Å²) in [6.45, 7) is 4.97. The Balaban J connectivity index is 1.41. The number of carbonyl (C=O) groups excluding carboxylic acids is 2. The molecular formula is C28H31F2N7O3. The van der Waals surface area contributed by atoms with Crippen LogP contribution in [-0.2, 0) is 4.79 Å². The van der Waals surface area contributed by atoms with Gasteiger partial charge in [-0.2, -0.15) is 13.8 Å². The molecule has 0 atom stereocenters. The van der Waals surface area contributed by atoms with Crippen LogP contribution in [0.2, 0.25) is 0 Å². The number of fused-ring (bicyclic) bond motifs is 1. The number of likely N-dealkylation sites (tertiary alicyclic amines) is 1. The molecule has 1 saturated heterocycles. The molecule has 2 aliphatic heterocycles. The summed E-state index contributed by atoms with van der Waals surface area (Å²) in [5.41, 5.74) is 1.50. The van der Waals surface area contributed by atoms with Gasteiger partial charge in [0.1, 0.15) is 11.4 Å². The number of methoxy groups -OCH3 is 1. The van der Waals surface area contributed by atoms with E-state index in [0.29, 0.717) is 28.7 Å². The van der Waals surface area contributed by atoms with E-state index in [2.05, 4.69) is 39.3 Å². The molecule has 0 bridgehead atoms. The molecule has 2 aliphatic rings. The molecule has 2 amide bonds. The van der Waals surface area contributed by atoms with Crippen LogP contribution in [0.4, 0.5) is 37.6 Å². The van der Waals surface area contributed by atoms with Crippen LogP contribution >= 0.6 is 0 Å². The molecule has 0 radical (unpaired) electrons. The fourth-order valence-corrected chi connectivity index (χ4v) is 4.73. The minimum atomic E-state index is -3.65. The highest BCUT2D eigenvalue weighted by atomic mass is 19.3. The number of nitrogens with one attached hydrogen (secondary N) is 2. The maximum Gasteiger partial charge on any atom is 0.342 e. The fourth-order valence-electron chi connectivity index (χ4n) is 4.73. The largest absolute Gasteiger partial charge is 0.495 e. The van der Waals surface area contributed by atoms with Crippen molar-refractivity contribution in [2.24, 2.45) is 0 Å². The second-order valence-electron chi connectivity index (χ2n) is 10.2. The molecule has 0 saturated carbocycles. The zero-order valence-electron chi connectivity index (χ0n) is 22.7. The molecule has 3 aromatic rings. The number of nitrogens with zero attached hydrogens (tertiary/aromatic N) is 5. The molecular weight excluding hydrogens is 520 g/mol. The summed E-state index contributed by atoms with van der Waals surface area (Å²) in [6, 6.07) is 14.0. The zero-order valence-corrected chi connectivity index (χ0v) is 22.7. The maximum absolute atomic E-state index is 14.9. The van der Waals surface area contributed by atoms with Gasteiger partial charge in [0, 0.05) is 37.4 Å². The summed E-state index contributed by atoms with van der Waals surface area (Å²) in [5.74, 6) is -4.57. The van der Waals surface area contributed by atoms with E-state index < -0.39 is 18.4 Å². The molecule has 210 valence electrons. The van der Waals surface area contributed by atoms with Gasteiger partial charge in [-0.05, 0) is 44.2 Å². The Morgan fingerprint density at radius 2 is 1.88 bits per heavy atom. The predicted molar refractivity (Wildman–Crippen MR) is 148 cm³/mol. The Hall–Kier alpha value is -4.32. The Bertz CT molecular complexity index is 1410. The topological polar surface area (TPSA) is 103 Å². The van der Waals surface area contributed by atoms with Gasteiger partial charge in [0.25, 0.3) is 11.8 Å². The summed E-state index contributed by atoms with van der Waals surface area (Å²) in [4.78, 5) is 38.6. The number of para-hydroxylation sites is 1. The van der Waals surface area contributed by atoms with E-state index in [1.54, 1.807) is 48.5 Å². The maximum atomic E-state index is 14.9. The van der Waals surface area contributed by atoms with E-state index >= 15 is 0 Å². The van der Waals surface area contributed by atoms with Gasteiger partial charge in [0.05, 0.1) is 31.6 Å². The van der Waals surface area contributed by atoms with E-state index in [0.717, 1.165) is 18.0 Å². The average Bonchev–Trinajstić information content (AvgIpc) is 2.99. The lowest BCUT2D eigenvalue weighted by Gasteiger charge is -2.42. The van der Waals surface area contributed by atoms with Crippen molar-refractivity contribution >= 4 is 40.6 Å². The van der Waals surface area contributed by atoms with Crippen LogP contribution in [0.5, 0.6) is 5.75 Å². The van der Waals surface area contributed by atoms with Crippen molar-refractivity contribution in [3.63, 3.8) is 0 Å². The first-order valence-electron chi connectivity index (χ1n) is 12.9. The quantitative estimate of drug-likeness (QED) is 0.457. The number of benzene rings is 2. The van der Waals surface area contributed by atoms with E-state index in [9.17, 15) is 18.4 Å². The number of hydrogen-bond donors (Lipinski definition) is 2.